The van der Waals surface area contributed by atoms with E-state index in [0.717, 1.165) is 9.14 Å². The van der Waals surface area contributed by atoms with Gasteiger partial charge >= 0.3 is 5.97 Å². The summed E-state index contributed by atoms with van der Waals surface area (Å²) in [6, 6.07) is 9.47. The second-order valence-electron chi connectivity index (χ2n) is 2.30. The number of carboxylic acid groups (broad SMARTS) is 1. The topological polar surface area (TPSA) is 37.3 Å². The fourth-order valence-corrected chi connectivity index (χ4v) is 1.71. The molecule has 0 aliphatic rings. The third-order valence-corrected chi connectivity index (χ3v) is 4.60. The molecule has 13 heavy (non-hydrogen) atoms. The van der Waals surface area contributed by atoms with Crippen LogP contribution in [0.1, 0.15) is 5.56 Å². The maximum Gasteiger partial charge on any atom is 0.343 e. The van der Waals surface area contributed by atoms with Crippen molar-refractivity contribution in [2.24, 2.45) is 0 Å². The molecule has 0 unspecified atom stereocenters. The molecule has 1 N–H and O–H groups in total. The van der Waals surface area contributed by atoms with Gasteiger partial charge in [-0.1, -0.05) is 30.3 Å². The molecule has 0 heterocycles. The number of halogens is 2. The molecule has 0 aliphatic heterocycles. The van der Waals surface area contributed by atoms with Crippen LogP contribution in [0.3, 0.4) is 0 Å². The summed E-state index contributed by atoms with van der Waals surface area (Å²) in [5, 5.41) is 8.74. The Hall–Kier alpha value is -0.110. The first-order chi connectivity index (χ1) is 6.13. The van der Waals surface area contributed by atoms with Crippen LogP contribution in [-0.4, -0.2) is 11.1 Å². The van der Waals surface area contributed by atoms with Crippen LogP contribution in [0.15, 0.2) is 33.9 Å². The van der Waals surface area contributed by atoms with Crippen LogP contribution in [0, 0.1) is 0 Å². The van der Waals surface area contributed by atoms with Crippen molar-refractivity contribution in [2.45, 2.75) is 0 Å². The van der Waals surface area contributed by atoms with E-state index in [0.29, 0.717) is 3.58 Å². The Bertz CT molecular complexity index is 344. The number of hydrogen-bond donors (Lipinski definition) is 1. The summed E-state index contributed by atoms with van der Waals surface area (Å²) in [4.78, 5) is 10.6. The zero-order chi connectivity index (χ0) is 9.84. The second-order valence-corrected chi connectivity index (χ2v) is 4.46. The van der Waals surface area contributed by atoms with E-state index >= 15 is 0 Å². The Balaban J connectivity index is 3.11. The number of hydrogen-bond acceptors (Lipinski definition) is 1. The summed E-state index contributed by atoms with van der Waals surface area (Å²) in [7, 11) is 0. The van der Waals surface area contributed by atoms with Crippen LogP contribution in [0.2, 0.25) is 0 Å². The van der Waals surface area contributed by atoms with Crippen LogP contribution < -0.4 is 0 Å². The molecule has 0 amide bonds. The van der Waals surface area contributed by atoms with Crippen molar-refractivity contribution in [3.63, 3.8) is 0 Å². The van der Waals surface area contributed by atoms with Gasteiger partial charge in [-0.15, -0.1) is 0 Å². The van der Waals surface area contributed by atoms with Crippen LogP contribution in [0.4, 0.5) is 0 Å². The van der Waals surface area contributed by atoms with E-state index < -0.39 is 5.97 Å². The van der Waals surface area contributed by atoms with Crippen molar-refractivity contribution in [2.75, 3.05) is 0 Å². The van der Waals surface area contributed by atoms with Crippen molar-refractivity contribution < 1.29 is 9.90 Å². The quantitative estimate of drug-likeness (QED) is 0.612. The van der Waals surface area contributed by atoms with Crippen LogP contribution in [-0.2, 0) is 4.79 Å². The molecule has 0 fully saturated rings. The Morgan fingerprint density at radius 2 is 1.69 bits per heavy atom. The molecule has 4 heteroatoms. The number of rotatable bonds is 2. The SMILES string of the molecule is O=C(O)C(I)=C(I)c1ccccc1. The molecule has 1 aromatic rings. The third kappa shape index (κ3) is 2.94. The first-order valence-electron chi connectivity index (χ1n) is 3.47. The molecule has 0 saturated heterocycles. The van der Waals surface area contributed by atoms with Gasteiger partial charge in [-0.05, 0) is 50.7 Å². The maximum absolute atomic E-state index is 10.6. The summed E-state index contributed by atoms with van der Waals surface area (Å²) < 4.78 is 1.12. The lowest BCUT2D eigenvalue weighted by Gasteiger charge is -2.00. The number of aliphatic carboxylic acids is 1. The van der Waals surface area contributed by atoms with Crippen molar-refractivity contribution in [1.29, 1.82) is 0 Å². The highest BCUT2D eigenvalue weighted by atomic mass is 127. The summed E-state index contributed by atoms with van der Waals surface area (Å²) in [5.41, 5.74) is 0.940. The summed E-state index contributed by atoms with van der Waals surface area (Å²) in [6.45, 7) is 0. The normalized spacial score (nSPS) is 12.2. The van der Waals surface area contributed by atoms with Crippen molar-refractivity contribution >= 4 is 54.7 Å². The van der Waals surface area contributed by atoms with E-state index in [1.807, 2.05) is 75.5 Å². The number of carboxylic acids is 1. The lowest BCUT2D eigenvalue weighted by atomic mass is 10.2. The van der Waals surface area contributed by atoms with Crippen LogP contribution in [0.25, 0.3) is 3.58 Å². The van der Waals surface area contributed by atoms with Gasteiger partial charge < -0.3 is 5.11 Å². The summed E-state index contributed by atoms with van der Waals surface area (Å²) in [6.07, 6.45) is 0. The predicted octanol–water partition coefficient (Wildman–Crippen LogP) is 3.31. The Kier molecular flexibility index (Phi) is 4.17. The van der Waals surface area contributed by atoms with Gasteiger partial charge in [0.2, 0.25) is 0 Å². The van der Waals surface area contributed by atoms with Crippen LogP contribution in [0.5, 0.6) is 0 Å². The molecule has 1 rings (SSSR count). The first kappa shape index (κ1) is 11.0. The Labute approximate surface area is 103 Å². The van der Waals surface area contributed by atoms with E-state index in [1.54, 1.807) is 0 Å². The third-order valence-electron chi connectivity index (χ3n) is 1.41. The molecule has 0 bridgehead atoms. The van der Waals surface area contributed by atoms with E-state index in [-0.39, 0.29) is 0 Å². The highest BCUT2D eigenvalue weighted by Crippen LogP contribution is 2.29. The highest BCUT2D eigenvalue weighted by molar-refractivity contribution is 14.1. The minimum atomic E-state index is -0.881. The van der Waals surface area contributed by atoms with Gasteiger partial charge in [0, 0.05) is 3.58 Å². The van der Waals surface area contributed by atoms with Gasteiger partial charge in [-0.3, -0.25) is 0 Å². The predicted molar refractivity (Wildman–Crippen MR) is 69.0 cm³/mol. The number of carbonyl (C=O) groups is 1. The summed E-state index contributed by atoms with van der Waals surface area (Å²) >= 11 is 3.87. The van der Waals surface area contributed by atoms with Gasteiger partial charge in [0.05, 0.1) is 0 Å². The van der Waals surface area contributed by atoms with Gasteiger partial charge in [0.1, 0.15) is 3.58 Å². The van der Waals surface area contributed by atoms with Crippen LogP contribution >= 0.6 is 45.2 Å². The molecule has 0 aromatic heterocycles. The van der Waals surface area contributed by atoms with Crippen molar-refractivity contribution in [3.05, 3.63) is 39.5 Å². The minimum Gasteiger partial charge on any atom is -0.477 e. The smallest absolute Gasteiger partial charge is 0.343 e. The highest BCUT2D eigenvalue weighted by Gasteiger charge is 2.09. The van der Waals surface area contributed by atoms with E-state index in [4.69, 9.17) is 5.11 Å². The minimum absolute atomic E-state index is 0.351. The average Bonchev–Trinajstić information content (AvgIpc) is 2.17. The van der Waals surface area contributed by atoms with Gasteiger partial charge in [0.15, 0.2) is 0 Å². The molecule has 0 aliphatic carbocycles. The lowest BCUT2D eigenvalue weighted by Crippen LogP contribution is -1.94. The van der Waals surface area contributed by atoms with Gasteiger partial charge in [-0.2, -0.15) is 0 Å². The molecule has 0 atom stereocenters. The molecule has 0 saturated carbocycles. The van der Waals surface area contributed by atoms with E-state index in [1.165, 1.54) is 0 Å². The molecule has 1 aromatic carbocycles. The number of benzene rings is 1. The Morgan fingerprint density at radius 3 is 2.15 bits per heavy atom. The molecule has 2 nitrogen and oxygen atoms in total. The maximum atomic E-state index is 10.6. The molecule has 0 spiro atoms. The second kappa shape index (κ2) is 4.94. The van der Waals surface area contributed by atoms with E-state index in [2.05, 4.69) is 0 Å². The standard InChI is InChI=1S/C9H6I2O2/c10-7(8(11)9(12)13)6-4-2-1-3-5-6/h1-5H,(H,12,13). The van der Waals surface area contributed by atoms with Crippen molar-refractivity contribution in [1.82, 2.24) is 0 Å². The van der Waals surface area contributed by atoms with Gasteiger partial charge in [-0.25, -0.2) is 4.79 Å². The zero-order valence-electron chi connectivity index (χ0n) is 6.50. The molecule has 68 valence electrons. The zero-order valence-corrected chi connectivity index (χ0v) is 10.8. The van der Waals surface area contributed by atoms with Gasteiger partial charge in [0.25, 0.3) is 0 Å². The van der Waals surface area contributed by atoms with E-state index in [9.17, 15) is 4.79 Å². The van der Waals surface area contributed by atoms with Crippen molar-refractivity contribution in [3.8, 4) is 0 Å². The largest absolute Gasteiger partial charge is 0.477 e. The fourth-order valence-electron chi connectivity index (χ4n) is 0.805. The monoisotopic (exact) mass is 400 g/mol. The Morgan fingerprint density at radius 1 is 1.15 bits per heavy atom. The first-order valence-corrected chi connectivity index (χ1v) is 5.62. The fraction of sp³-hybridized carbons (Fsp3) is 0. The molecule has 0 radical (unpaired) electrons. The summed E-state index contributed by atoms with van der Waals surface area (Å²) in [5.74, 6) is -0.881. The lowest BCUT2D eigenvalue weighted by molar-refractivity contribution is -0.131. The molecular formula is C9H6I2O2. The molecular weight excluding hydrogens is 394 g/mol. The average molecular weight is 400 g/mol.